The lowest BCUT2D eigenvalue weighted by Gasteiger charge is -2.13. The molecular weight excluding hydrogens is 400 g/mol. The highest BCUT2D eigenvalue weighted by Gasteiger charge is 2.18. The zero-order valence-electron chi connectivity index (χ0n) is 17.9. The van der Waals surface area contributed by atoms with Gasteiger partial charge in [-0.1, -0.05) is 54.1 Å². The van der Waals surface area contributed by atoms with Crippen LogP contribution in [0, 0.1) is 6.92 Å². The largest absolute Gasteiger partial charge is 0.497 e. The van der Waals surface area contributed by atoms with Crippen LogP contribution in [0.4, 0.5) is 0 Å². The number of fused-ring (bicyclic) bond motifs is 2. The van der Waals surface area contributed by atoms with Crippen LogP contribution in [0.15, 0.2) is 94.1 Å². The predicted molar refractivity (Wildman–Crippen MR) is 127 cm³/mol. The van der Waals surface area contributed by atoms with E-state index in [1.54, 1.807) is 7.11 Å². The van der Waals surface area contributed by atoms with E-state index in [4.69, 9.17) is 13.9 Å². The molecule has 0 amide bonds. The van der Waals surface area contributed by atoms with Crippen molar-refractivity contribution in [2.75, 3.05) is 7.11 Å². The molecule has 0 N–H and O–H groups in total. The molecule has 5 rings (SSSR count). The quantitative estimate of drug-likeness (QED) is 0.324. The minimum atomic E-state index is -0.180. The van der Waals surface area contributed by atoms with E-state index in [2.05, 4.69) is 18.2 Å². The summed E-state index contributed by atoms with van der Waals surface area (Å²) in [7, 11) is 1.62. The van der Waals surface area contributed by atoms with E-state index in [1.807, 2.05) is 73.7 Å². The smallest absolute Gasteiger partial charge is 0.235 e. The summed E-state index contributed by atoms with van der Waals surface area (Å²) in [5, 5.41) is 2.74. The van der Waals surface area contributed by atoms with Crippen LogP contribution in [0.3, 0.4) is 0 Å². The van der Waals surface area contributed by atoms with Crippen molar-refractivity contribution in [3.63, 3.8) is 0 Å². The first kappa shape index (κ1) is 19.9. The van der Waals surface area contributed by atoms with Crippen molar-refractivity contribution in [1.29, 1.82) is 0 Å². The lowest BCUT2D eigenvalue weighted by molar-refractivity contribution is 0.299. The van der Waals surface area contributed by atoms with Gasteiger partial charge in [0, 0.05) is 5.56 Å². The summed E-state index contributed by atoms with van der Waals surface area (Å²) >= 11 is 0. The number of hydrogen-bond donors (Lipinski definition) is 0. The van der Waals surface area contributed by atoms with Crippen molar-refractivity contribution >= 4 is 21.7 Å². The Morgan fingerprint density at radius 3 is 2.44 bits per heavy atom. The van der Waals surface area contributed by atoms with Gasteiger partial charge in [0.15, 0.2) is 5.76 Å². The van der Waals surface area contributed by atoms with E-state index in [1.165, 1.54) is 0 Å². The van der Waals surface area contributed by atoms with Crippen molar-refractivity contribution in [2.24, 2.45) is 0 Å². The first-order valence-corrected chi connectivity index (χ1v) is 10.5. The predicted octanol–water partition coefficient (Wildman–Crippen LogP) is 6.51. The molecule has 4 nitrogen and oxygen atoms in total. The lowest BCUT2D eigenvalue weighted by atomic mass is 10.1. The molecule has 0 spiro atoms. The molecule has 4 heteroatoms. The molecule has 4 aromatic carbocycles. The van der Waals surface area contributed by atoms with E-state index in [-0.39, 0.29) is 17.8 Å². The van der Waals surface area contributed by atoms with Crippen LogP contribution in [-0.4, -0.2) is 7.11 Å². The maximum atomic E-state index is 13.5. The van der Waals surface area contributed by atoms with Gasteiger partial charge >= 0.3 is 0 Å². The molecule has 0 aliphatic carbocycles. The van der Waals surface area contributed by atoms with Gasteiger partial charge in [-0.05, 0) is 59.7 Å². The fraction of sp³-hybridized carbons (Fsp3) is 0.107. The molecule has 1 heterocycles. The fourth-order valence-electron chi connectivity index (χ4n) is 3.92. The first-order chi connectivity index (χ1) is 15.6. The van der Waals surface area contributed by atoms with Gasteiger partial charge in [-0.25, -0.2) is 0 Å². The summed E-state index contributed by atoms with van der Waals surface area (Å²) < 4.78 is 17.6. The van der Waals surface area contributed by atoms with Gasteiger partial charge in [-0.15, -0.1) is 0 Å². The van der Waals surface area contributed by atoms with E-state index in [0.29, 0.717) is 16.7 Å². The molecule has 0 radical (unpaired) electrons. The minimum Gasteiger partial charge on any atom is -0.497 e. The molecular formula is C28H22O4. The molecule has 5 aromatic rings. The fourth-order valence-corrected chi connectivity index (χ4v) is 3.92. The average Bonchev–Trinajstić information content (AvgIpc) is 2.84. The van der Waals surface area contributed by atoms with Gasteiger partial charge in [0.05, 0.1) is 12.5 Å². The van der Waals surface area contributed by atoms with E-state index in [0.717, 1.165) is 33.2 Å². The van der Waals surface area contributed by atoms with Crippen LogP contribution in [0.2, 0.25) is 0 Å². The topological polar surface area (TPSA) is 48.7 Å². The molecule has 0 aliphatic rings. The summed E-state index contributed by atoms with van der Waals surface area (Å²) in [6.07, 6.45) is 0. The second-order valence-corrected chi connectivity index (χ2v) is 7.74. The van der Waals surface area contributed by atoms with Crippen molar-refractivity contribution in [1.82, 2.24) is 0 Å². The highest BCUT2D eigenvalue weighted by atomic mass is 16.5. The van der Waals surface area contributed by atoms with E-state index in [9.17, 15) is 4.79 Å². The SMILES string of the molecule is COc1ccc(-c2oc3ccc(C)cc3c(=O)c2OCc2cccc3ccccc23)cc1. The first-order valence-electron chi connectivity index (χ1n) is 10.5. The molecule has 1 aromatic heterocycles. The molecule has 0 fully saturated rings. The second-order valence-electron chi connectivity index (χ2n) is 7.74. The Morgan fingerprint density at radius 1 is 0.844 bits per heavy atom. The second kappa shape index (κ2) is 8.23. The van der Waals surface area contributed by atoms with Crippen molar-refractivity contribution < 1.29 is 13.9 Å². The zero-order valence-corrected chi connectivity index (χ0v) is 17.9. The van der Waals surface area contributed by atoms with Crippen LogP contribution in [0.5, 0.6) is 11.5 Å². The van der Waals surface area contributed by atoms with E-state index < -0.39 is 0 Å². The molecule has 158 valence electrons. The standard InChI is InChI=1S/C28H22O4/c1-18-10-15-25-24(16-18)26(29)28(27(32-25)20-11-13-22(30-2)14-12-20)31-17-21-8-5-7-19-6-3-4-9-23(19)21/h3-16H,17H2,1-2H3. The maximum absolute atomic E-state index is 13.5. The summed E-state index contributed by atoms with van der Waals surface area (Å²) in [6, 6.07) is 27.2. The van der Waals surface area contributed by atoms with Crippen molar-refractivity contribution in [2.45, 2.75) is 13.5 Å². The minimum absolute atomic E-state index is 0.180. The summed E-state index contributed by atoms with van der Waals surface area (Å²) in [6.45, 7) is 2.21. The Balaban J connectivity index is 1.64. The summed E-state index contributed by atoms with van der Waals surface area (Å²) in [5.74, 6) is 1.35. The highest BCUT2D eigenvalue weighted by Crippen LogP contribution is 2.33. The van der Waals surface area contributed by atoms with Crippen LogP contribution in [-0.2, 0) is 6.61 Å². The number of hydrogen-bond acceptors (Lipinski definition) is 4. The average molecular weight is 422 g/mol. The third kappa shape index (κ3) is 3.60. The third-order valence-corrected chi connectivity index (χ3v) is 5.61. The van der Waals surface area contributed by atoms with Crippen molar-refractivity contribution in [3.8, 4) is 22.8 Å². The van der Waals surface area contributed by atoms with Crippen molar-refractivity contribution in [3.05, 3.63) is 106 Å². The van der Waals surface area contributed by atoms with Gasteiger partial charge in [-0.2, -0.15) is 0 Å². The van der Waals surface area contributed by atoms with Crippen LogP contribution in [0.1, 0.15) is 11.1 Å². The Bertz CT molecular complexity index is 1470. The van der Waals surface area contributed by atoms with Gasteiger partial charge in [0.1, 0.15) is 17.9 Å². The Morgan fingerprint density at radius 2 is 1.62 bits per heavy atom. The lowest BCUT2D eigenvalue weighted by Crippen LogP contribution is -2.10. The summed E-state index contributed by atoms with van der Waals surface area (Å²) in [4.78, 5) is 13.5. The number of aryl methyl sites for hydroxylation is 1. The van der Waals surface area contributed by atoms with Crippen LogP contribution >= 0.6 is 0 Å². The number of rotatable bonds is 5. The number of methoxy groups -OCH3 is 1. The molecule has 0 atom stereocenters. The summed E-state index contributed by atoms with van der Waals surface area (Å²) in [5.41, 5.74) is 3.10. The van der Waals surface area contributed by atoms with Gasteiger partial charge in [0.2, 0.25) is 11.2 Å². The maximum Gasteiger partial charge on any atom is 0.235 e. The third-order valence-electron chi connectivity index (χ3n) is 5.61. The normalized spacial score (nSPS) is 11.1. The van der Waals surface area contributed by atoms with Crippen LogP contribution < -0.4 is 14.9 Å². The Labute approximate surface area is 185 Å². The number of ether oxygens (including phenoxy) is 2. The van der Waals surface area contributed by atoms with Crippen LogP contribution in [0.25, 0.3) is 33.1 Å². The Kier molecular flexibility index (Phi) is 5.12. The zero-order chi connectivity index (χ0) is 22.1. The van der Waals surface area contributed by atoms with E-state index >= 15 is 0 Å². The number of benzene rings is 4. The molecule has 0 saturated heterocycles. The van der Waals surface area contributed by atoms with Gasteiger partial charge < -0.3 is 13.9 Å². The highest BCUT2D eigenvalue weighted by molar-refractivity contribution is 5.86. The molecule has 0 unspecified atom stereocenters. The molecule has 0 aliphatic heterocycles. The van der Waals surface area contributed by atoms with Gasteiger partial charge in [-0.3, -0.25) is 4.79 Å². The monoisotopic (exact) mass is 422 g/mol. The molecule has 32 heavy (non-hydrogen) atoms. The molecule has 0 bridgehead atoms. The Hall–Kier alpha value is -4.05. The van der Waals surface area contributed by atoms with Gasteiger partial charge in [0.25, 0.3) is 0 Å². The molecule has 0 saturated carbocycles.